The lowest BCUT2D eigenvalue weighted by atomic mass is 10.1. The van der Waals surface area contributed by atoms with Crippen LogP contribution in [0, 0.1) is 11.7 Å². The van der Waals surface area contributed by atoms with E-state index in [9.17, 15) is 14.0 Å². The molecular formula is C23H23FN4O2S. The van der Waals surface area contributed by atoms with Crippen molar-refractivity contribution in [2.75, 3.05) is 5.32 Å². The molecule has 0 saturated heterocycles. The maximum Gasteiger partial charge on any atom is 0.259 e. The first-order chi connectivity index (χ1) is 14.9. The number of aliphatic imine (C=N–C) groups is 2. The van der Waals surface area contributed by atoms with Crippen molar-refractivity contribution in [3.63, 3.8) is 0 Å². The van der Waals surface area contributed by atoms with Crippen LogP contribution < -0.4 is 5.32 Å². The van der Waals surface area contributed by atoms with E-state index in [1.807, 2.05) is 45.0 Å². The molecule has 160 valence electrons. The molecule has 4 rings (SSSR count). The van der Waals surface area contributed by atoms with Crippen LogP contribution in [0.1, 0.15) is 32.8 Å². The normalized spacial score (nSPS) is 18.3. The van der Waals surface area contributed by atoms with Gasteiger partial charge in [0.05, 0.1) is 16.6 Å². The molecule has 1 N–H and O–H groups in total. The van der Waals surface area contributed by atoms with Gasteiger partial charge in [-0.25, -0.2) is 14.3 Å². The van der Waals surface area contributed by atoms with Crippen LogP contribution in [-0.2, 0) is 9.59 Å². The summed E-state index contributed by atoms with van der Waals surface area (Å²) in [6, 6.07) is 13.1. The number of amides is 2. The van der Waals surface area contributed by atoms with Gasteiger partial charge in [0.2, 0.25) is 5.91 Å². The van der Waals surface area contributed by atoms with Gasteiger partial charge in [0.15, 0.2) is 5.17 Å². The van der Waals surface area contributed by atoms with Gasteiger partial charge in [0.25, 0.3) is 5.91 Å². The van der Waals surface area contributed by atoms with Crippen LogP contribution in [0.4, 0.5) is 15.8 Å². The molecule has 0 aliphatic carbocycles. The van der Waals surface area contributed by atoms with E-state index in [4.69, 9.17) is 0 Å². The number of carbonyl (C=O) groups is 2. The van der Waals surface area contributed by atoms with Crippen molar-refractivity contribution in [2.24, 2.45) is 15.9 Å². The molecule has 2 aromatic rings. The third-order valence-electron chi connectivity index (χ3n) is 5.17. The number of nitrogens with one attached hydrogen (secondary N) is 1. The van der Waals surface area contributed by atoms with Crippen molar-refractivity contribution < 1.29 is 14.0 Å². The molecule has 2 unspecified atom stereocenters. The predicted molar refractivity (Wildman–Crippen MR) is 122 cm³/mol. The van der Waals surface area contributed by atoms with E-state index in [0.29, 0.717) is 23.1 Å². The fraction of sp³-hybridized carbons (Fsp3) is 0.304. The summed E-state index contributed by atoms with van der Waals surface area (Å²) in [6.07, 6.45) is 0.480. The molecule has 0 spiro atoms. The van der Waals surface area contributed by atoms with Crippen molar-refractivity contribution in [2.45, 2.75) is 38.5 Å². The Morgan fingerprint density at radius 2 is 1.90 bits per heavy atom. The van der Waals surface area contributed by atoms with Gasteiger partial charge in [-0.15, -0.1) is 0 Å². The lowest BCUT2D eigenvalue weighted by Gasteiger charge is -2.27. The van der Waals surface area contributed by atoms with Crippen molar-refractivity contribution in [1.29, 1.82) is 0 Å². The Labute approximate surface area is 184 Å². The fourth-order valence-electron chi connectivity index (χ4n) is 3.51. The van der Waals surface area contributed by atoms with Gasteiger partial charge in [-0.3, -0.25) is 14.6 Å². The molecule has 31 heavy (non-hydrogen) atoms. The quantitative estimate of drug-likeness (QED) is 0.742. The average molecular weight is 439 g/mol. The average Bonchev–Trinajstić information content (AvgIpc) is 3.11. The van der Waals surface area contributed by atoms with Gasteiger partial charge in [-0.1, -0.05) is 56.8 Å². The first kappa shape index (κ1) is 21.2. The molecule has 2 aromatic carbocycles. The number of para-hydroxylation sites is 2. The van der Waals surface area contributed by atoms with Gasteiger partial charge in [0, 0.05) is 5.56 Å². The number of thioether (sulfide) groups is 1. The lowest BCUT2D eigenvalue weighted by Crippen LogP contribution is -2.43. The highest BCUT2D eigenvalue weighted by Gasteiger charge is 2.43. The van der Waals surface area contributed by atoms with Crippen molar-refractivity contribution in [3.05, 3.63) is 59.9 Å². The molecule has 2 heterocycles. The number of nitrogens with zero attached hydrogens (tertiary/aromatic N) is 3. The first-order valence-corrected chi connectivity index (χ1v) is 11.1. The molecule has 0 aromatic heterocycles. The second-order valence-electron chi connectivity index (χ2n) is 7.71. The highest BCUT2D eigenvalue weighted by molar-refractivity contribution is 8.15. The van der Waals surface area contributed by atoms with E-state index in [0.717, 1.165) is 5.56 Å². The van der Waals surface area contributed by atoms with Gasteiger partial charge >= 0.3 is 0 Å². The topological polar surface area (TPSA) is 74.1 Å². The molecule has 2 aliphatic heterocycles. The summed E-state index contributed by atoms with van der Waals surface area (Å²) >= 11 is 1.20. The van der Waals surface area contributed by atoms with E-state index in [1.165, 1.54) is 28.8 Å². The molecule has 2 atom stereocenters. The number of rotatable bonds is 5. The summed E-state index contributed by atoms with van der Waals surface area (Å²) in [5.41, 5.74) is 1.63. The molecule has 6 nitrogen and oxygen atoms in total. The van der Waals surface area contributed by atoms with E-state index < -0.39 is 17.1 Å². The van der Waals surface area contributed by atoms with E-state index >= 15 is 0 Å². The van der Waals surface area contributed by atoms with E-state index in [1.54, 1.807) is 12.1 Å². The SMILES string of the molecule is CCC(SC1=Nc2ccccc2C2=NC(C(C)C)C(=O)N12)C(=O)Nc1ccccc1F. The second-order valence-corrected chi connectivity index (χ2v) is 8.88. The number of fused-ring (bicyclic) bond motifs is 3. The minimum Gasteiger partial charge on any atom is -0.323 e. The Balaban J connectivity index is 1.64. The number of benzene rings is 2. The van der Waals surface area contributed by atoms with E-state index in [2.05, 4.69) is 15.3 Å². The summed E-state index contributed by atoms with van der Waals surface area (Å²) in [6.45, 7) is 5.78. The molecule has 2 amide bonds. The van der Waals surface area contributed by atoms with Crippen molar-refractivity contribution in [3.8, 4) is 0 Å². The predicted octanol–water partition coefficient (Wildman–Crippen LogP) is 4.59. The minimum absolute atomic E-state index is 0.0374. The number of anilines is 1. The zero-order valence-corrected chi connectivity index (χ0v) is 18.3. The third-order valence-corrected chi connectivity index (χ3v) is 6.49. The Bertz CT molecular complexity index is 1100. The zero-order chi connectivity index (χ0) is 22.1. The fourth-order valence-corrected chi connectivity index (χ4v) is 4.53. The minimum atomic E-state index is -0.559. The third kappa shape index (κ3) is 3.99. The number of halogens is 1. The van der Waals surface area contributed by atoms with Crippen LogP contribution in [0.5, 0.6) is 0 Å². The van der Waals surface area contributed by atoms with Crippen LogP contribution in [0.3, 0.4) is 0 Å². The Kier molecular flexibility index (Phi) is 5.91. The van der Waals surface area contributed by atoms with Gasteiger partial charge in [-0.2, -0.15) is 0 Å². The molecular weight excluding hydrogens is 415 g/mol. The van der Waals surface area contributed by atoms with Gasteiger partial charge in [0.1, 0.15) is 17.7 Å². The van der Waals surface area contributed by atoms with Crippen molar-refractivity contribution in [1.82, 2.24) is 4.90 Å². The highest BCUT2D eigenvalue weighted by atomic mass is 32.2. The van der Waals surface area contributed by atoms with Crippen LogP contribution in [0.2, 0.25) is 0 Å². The van der Waals surface area contributed by atoms with Crippen LogP contribution in [0.25, 0.3) is 0 Å². The summed E-state index contributed by atoms with van der Waals surface area (Å²) in [5, 5.41) is 2.50. The Morgan fingerprint density at radius 1 is 1.19 bits per heavy atom. The lowest BCUT2D eigenvalue weighted by molar-refractivity contribution is -0.125. The number of amidine groups is 2. The van der Waals surface area contributed by atoms with Gasteiger partial charge in [-0.05, 0) is 36.6 Å². The molecule has 0 radical (unpaired) electrons. The largest absolute Gasteiger partial charge is 0.323 e. The first-order valence-electron chi connectivity index (χ1n) is 10.2. The Morgan fingerprint density at radius 3 is 2.61 bits per heavy atom. The summed E-state index contributed by atoms with van der Waals surface area (Å²) in [5.74, 6) is -0.375. The highest BCUT2D eigenvalue weighted by Crippen LogP contribution is 2.36. The number of hydrogen-bond acceptors (Lipinski definition) is 5. The summed E-state index contributed by atoms with van der Waals surface area (Å²) in [7, 11) is 0. The summed E-state index contributed by atoms with van der Waals surface area (Å²) in [4.78, 5) is 36.9. The smallest absolute Gasteiger partial charge is 0.259 e. The maximum absolute atomic E-state index is 14.0. The second kappa shape index (κ2) is 8.63. The summed E-state index contributed by atoms with van der Waals surface area (Å²) < 4.78 is 14.0. The molecule has 0 bridgehead atoms. The number of hydrogen-bond donors (Lipinski definition) is 1. The van der Waals surface area contributed by atoms with Crippen LogP contribution in [-0.4, -0.2) is 39.0 Å². The maximum atomic E-state index is 14.0. The van der Waals surface area contributed by atoms with Crippen LogP contribution in [0.15, 0.2) is 58.5 Å². The Hall–Kier alpha value is -3.00. The van der Waals surface area contributed by atoms with E-state index in [-0.39, 0.29) is 23.4 Å². The molecule has 2 aliphatic rings. The molecule has 0 saturated carbocycles. The standard InChI is InChI=1S/C23H23FN4O2S/c1-4-18(21(29)25-17-12-8-6-10-15(17)24)31-23-26-16-11-7-5-9-14(16)20-27-19(13(2)3)22(30)28(20)23/h5-13,18-19H,4H2,1-3H3,(H,25,29). The van der Waals surface area contributed by atoms with Crippen LogP contribution >= 0.6 is 11.8 Å². The zero-order valence-electron chi connectivity index (χ0n) is 17.5. The number of carbonyl (C=O) groups excluding carboxylic acids is 2. The molecule has 0 fully saturated rings. The van der Waals surface area contributed by atoms with Crippen molar-refractivity contribution >= 4 is 46.0 Å². The van der Waals surface area contributed by atoms with Gasteiger partial charge < -0.3 is 5.32 Å². The monoisotopic (exact) mass is 438 g/mol. The molecule has 8 heteroatoms.